The normalized spacial score (nSPS) is 25.3. The number of carbonyl (C=O) groups is 1. The van der Waals surface area contributed by atoms with Crippen molar-refractivity contribution in [1.82, 2.24) is 10.6 Å². The van der Waals surface area contributed by atoms with E-state index < -0.39 is 11.2 Å². The zero-order valence-corrected chi connectivity index (χ0v) is 14.3. The minimum absolute atomic E-state index is 0.0536. The molecule has 1 saturated carbocycles. The van der Waals surface area contributed by atoms with Crippen molar-refractivity contribution in [2.45, 2.75) is 96.6 Å². The average molecular weight is 300 g/mol. The van der Waals surface area contributed by atoms with E-state index in [1.54, 1.807) is 0 Å². The number of amides is 1. The van der Waals surface area contributed by atoms with Gasteiger partial charge in [-0.2, -0.15) is 0 Å². The number of ether oxygens (including phenoxy) is 1. The molecule has 1 unspecified atom stereocenters. The summed E-state index contributed by atoms with van der Waals surface area (Å²) in [6.45, 7) is 11.2. The van der Waals surface area contributed by atoms with Gasteiger partial charge in [-0.15, -0.1) is 0 Å². The topological polar surface area (TPSA) is 70.6 Å². The maximum absolute atomic E-state index is 11.7. The largest absolute Gasteiger partial charge is 0.444 e. The van der Waals surface area contributed by atoms with Crippen LogP contribution in [0.4, 0.5) is 4.79 Å². The van der Waals surface area contributed by atoms with Crippen LogP contribution in [0.5, 0.6) is 0 Å². The van der Waals surface area contributed by atoms with E-state index in [2.05, 4.69) is 10.6 Å². The van der Waals surface area contributed by atoms with Gasteiger partial charge in [0.25, 0.3) is 0 Å². The SMILES string of the molecule is CC(NC1CCC(NC(=O)OC(C)(C)C)CC1)C(C)(C)O. The number of aliphatic hydroxyl groups is 1. The van der Waals surface area contributed by atoms with Gasteiger partial charge in [0.1, 0.15) is 5.60 Å². The van der Waals surface area contributed by atoms with Gasteiger partial charge < -0.3 is 20.5 Å². The van der Waals surface area contributed by atoms with Crippen LogP contribution >= 0.6 is 0 Å². The fraction of sp³-hybridized carbons (Fsp3) is 0.938. The van der Waals surface area contributed by atoms with Crippen molar-refractivity contribution in [3.8, 4) is 0 Å². The first-order valence-electron chi connectivity index (χ1n) is 7.95. The molecule has 1 aliphatic rings. The van der Waals surface area contributed by atoms with E-state index in [4.69, 9.17) is 4.74 Å². The summed E-state index contributed by atoms with van der Waals surface area (Å²) in [7, 11) is 0. The summed E-state index contributed by atoms with van der Waals surface area (Å²) < 4.78 is 5.28. The summed E-state index contributed by atoms with van der Waals surface area (Å²) >= 11 is 0. The van der Waals surface area contributed by atoms with Crippen molar-refractivity contribution in [3.63, 3.8) is 0 Å². The molecule has 5 heteroatoms. The van der Waals surface area contributed by atoms with Gasteiger partial charge in [0, 0.05) is 18.1 Å². The Hall–Kier alpha value is -0.810. The first-order chi connectivity index (χ1) is 9.47. The van der Waals surface area contributed by atoms with Crippen LogP contribution in [-0.4, -0.2) is 40.5 Å². The molecule has 21 heavy (non-hydrogen) atoms. The number of nitrogens with one attached hydrogen (secondary N) is 2. The molecule has 1 amide bonds. The minimum Gasteiger partial charge on any atom is -0.444 e. The van der Waals surface area contributed by atoms with E-state index >= 15 is 0 Å². The molecule has 5 nitrogen and oxygen atoms in total. The molecule has 1 rings (SSSR count). The number of hydrogen-bond donors (Lipinski definition) is 3. The third-order valence-corrected chi connectivity index (χ3v) is 3.99. The maximum Gasteiger partial charge on any atom is 0.407 e. The lowest BCUT2D eigenvalue weighted by Crippen LogP contribution is -2.51. The Morgan fingerprint density at radius 3 is 2.00 bits per heavy atom. The average Bonchev–Trinajstić information content (AvgIpc) is 2.27. The zero-order chi connectivity index (χ0) is 16.3. The molecule has 0 heterocycles. The first-order valence-corrected chi connectivity index (χ1v) is 7.95. The van der Waals surface area contributed by atoms with E-state index in [0.717, 1.165) is 25.7 Å². The number of alkyl carbamates (subject to hydrolysis) is 1. The van der Waals surface area contributed by atoms with E-state index in [-0.39, 0.29) is 18.2 Å². The Balaban J connectivity index is 2.31. The smallest absolute Gasteiger partial charge is 0.407 e. The number of carbonyl (C=O) groups excluding carboxylic acids is 1. The molecule has 0 aromatic carbocycles. The summed E-state index contributed by atoms with van der Waals surface area (Å²) in [4.78, 5) is 11.7. The lowest BCUT2D eigenvalue weighted by molar-refractivity contribution is 0.0363. The Labute approximate surface area is 128 Å². The molecule has 0 aromatic rings. The third kappa shape index (κ3) is 7.14. The predicted molar refractivity (Wildman–Crippen MR) is 84.3 cm³/mol. The van der Waals surface area contributed by atoms with E-state index in [0.29, 0.717) is 6.04 Å². The van der Waals surface area contributed by atoms with Crippen molar-refractivity contribution < 1.29 is 14.6 Å². The highest BCUT2D eigenvalue weighted by molar-refractivity contribution is 5.68. The van der Waals surface area contributed by atoms with Gasteiger partial charge in [-0.25, -0.2) is 4.79 Å². The van der Waals surface area contributed by atoms with Crippen LogP contribution in [0, 0.1) is 0 Å². The molecule has 0 radical (unpaired) electrons. The molecule has 1 fully saturated rings. The number of hydrogen-bond acceptors (Lipinski definition) is 4. The first kappa shape index (κ1) is 18.2. The summed E-state index contributed by atoms with van der Waals surface area (Å²) in [6.07, 6.45) is 3.55. The van der Waals surface area contributed by atoms with Gasteiger partial charge >= 0.3 is 6.09 Å². The molecular formula is C16H32N2O3. The second-order valence-electron chi connectivity index (χ2n) is 7.74. The Morgan fingerprint density at radius 2 is 1.57 bits per heavy atom. The van der Waals surface area contributed by atoms with Crippen LogP contribution in [0.2, 0.25) is 0 Å². The van der Waals surface area contributed by atoms with Crippen molar-refractivity contribution in [3.05, 3.63) is 0 Å². The Morgan fingerprint density at radius 1 is 1.10 bits per heavy atom. The zero-order valence-electron chi connectivity index (χ0n) is 14.3. The second kappa shape index (κ2) is 6.97. The minimum atomic E-state index is -0.717. The van der Waals surface area contributed by atoms with Gasteiger partial charge in [-0.05, 0) is 67.2 Å². The van der Waals surface area contributed by atoms with Crippen LogP contribution in [0.1, 0.15) is 67.2 Å². The van der Waals surface area contributed by atoms with Gasteiger partial charge in [0.05, 0.1) is 5.60 Å². The van der Waals surface area contributed by atoms with Crippen molar-refractivity contribution >= 4 is 6.09 Å². The quantitative estimate of drug-likeness (QED) is 0.746. The summed E-state index contributed by atoms with van der Waals surface area (Å²) in [6, 6.07) is 0.649. The van der Waals surface area contributed by atoms with Crippen LogP contribution in [0.3, 0.4) is 0 Å². The highest BCUT2D eigenvalue weighted by Crippen LogP contribution is 2.21. The molecule has 0 aliphatic heterocycles. The molecule has 0 bridgehead atoms. The van der Waals surface area contributed by atoms with Gasteiger partial charge in [-0.3, -0.25) is 0 Å². The van der Waals surface area contributed by atoms with Gasteiger partial charge in [-0.1, -0.05) is 0 Å². The predicted octanol–water partition coefficient (Wildman–Crippen LogP) is 2.57. The maximum atomic E-state index is 11.7. The molecule has 3 N–H and O–H groups in total. The summed E-state index contributed by atoms with van der Waals surface area (Å²) in [5.41, 5.74) is -1.17. The van der Waals surface area contributed by atoms with Gasteiger partial charge in [0.15, 0.2) is 0 Å². The summed E-state index contributed by atoms with van der Waals surface area (Å²) in [5, 5.41) is 16.4. The second-order valence-corrected chi connectivity index (χ2v) is 7.74. The van der Waals surface area contributed by atoms with Crippen LogP contribution in [0.15, 0.2) is 0 Å². The third-order valence-electron chi connectivity index (χ3n) is 3.99. The Bertz CT molecular complexity index is 336. The summed E-state index contributed by atoms with van der Waals surface area (Å²) in [5.74, 6) is 0. The van der Waals surface area contributed by atoms with Crippen molar-refractivity contribution in [2.75, 3.05) is 0 Å². The molecule has 124 valence electrons. The standard InChI is InChI=1S/C16H32N2O3/c1-11(16(5,6)20)17-12-7-9-13(10-8-12)18-14(19)21-15(2,3)4/h11-13,17,20H,7-10H2,1-6H3,(H,18,19). The molecular weight excluding hydrogens is 268 g/mol. The van der Waals surface area contributed by atoms with E-state index in [9.17, 15) is 9.90 Å². The van der Waals surface area contributed by atoms with Crippen molar-refractivity contribution in [1.29, 1.82) is 0 Å². The monoisotopic (exact) mass is 300 g/mol. The fourth-order valence-electron chi connectivity index (χ4n) is 2.44. The lowest BCUT2D eigenvalue weighted by atomic mass is 9.89. The van der Waals surface area contributed by atoms with Crippen LogP contribution < -0.4 is 10.6 Å². The van der Waals surface area contributed by atoms with Crippen LogP contribution in [0.25, 0.3) is 0 Å². The molecule has 1 aliphatic carbocycles. The highest BCUT2D eigenvalue weighted by atomic mass is 16.6. The fourth-order valence-corrected chi connectivity index (χ4v) is 2.44. The lowest BCUT2D eigenvalue weighted by Gasteiger charge is -2.35. The molecule has 0 saturated heterocycles. The highest BCUT2D eigenvalue weighted by Gasteiger charge is 2.28. The molecule has 0 aromatic heterocycles. The molecule has 0 spiro atoms. The van der Waals surface area contributed by atoms with Gasteiger partial charge in [0.2, 0.25) is 0 Å². The van der Waals surface area contributed by atoms with E-state index in [1.165, 1.54) is 0 Å². The number of rotatable bonds is 4. The van der Waals surface area contributed by atoms with E-state index in [1.807, 2.05) is 41.5 Å². The Kier molecular flexibility index (Phi) is 6.05. The molecule has 1 atom stereocenters. The van der Waals surface area contributed by atoms with Crippen molar-refractivity contribution in [2.24, 2.45) is 0 Å². The van der Waals surface area contributed by atoms with Crippen LogP contribution in [-0.2, 0) is 4.74 Å².